The third-order valence-electron chi connectivity index (χ3n) is 2.85. The Bertz CT molecular complexity index is 582. The first-order valence-corrected chi connectivity index (χ1v) is 7.22. The van der Waals surface area contributed by atoms with Crippen molar-refractivity contribution >= 4 is 17.6 Å². The lowest BCUT2D eigenvalue weighted by atomic mass is 10.2. The summed E-state index contributed by atoms with van der Waals surface area (Å²) in [6.07, 6.45) is 1.21. The van der Waals surface area contributed by atoms with Crippen molar-refractivity contribution in [3.63, 3.8) is 0 Å². The molecule has 0 spiro atoms. The second-order valence-electron chi connectivity index (χ2n) is 4.37. The van der Waals surface area contributed by atoms with Crippen molar-refractivity contribution < 1.29 is 27.8 Å². The average molecular weight is 327 g/mol. The highest BCUT2D eigenvalue weighted by Crippen LogP contribution is 2.19. The summed E-state index contributed by atoms with van der Waals surface area (Å²) in [6.45, 7) is 5.43. The Hall–Kier alpha value is -2.44. The molecule has 1 rings (SSSR count). The number of esters is 2. The van der Waals surface area contributed by atoms with E-state index >= 15 is 0 Å². The maximum Gasteiger partial charge on any atom is 0.347 e. The summed E-state index contributed by atoms with van der Waals surface area (Å²) in [5.74, 6) is -3.69. The van der Waals surface area contributed by atoms with Crippen molar-refractivity contribution in [2.75, 3.05) is 24.7 Å². The van der Waals surface area contributed by atoms with Crippen LogP contribution in [0.15, 0.2) is 30.0 Å². The van der Waals surface area contributed by atoms with Crippen molar-refractivity contribution in [3.05, 3.63) is 41.6 Å². The van der Waals surface area contributed by atoms with Crippen molar-refractivity contribution in [2.24, 2.45) is 0 Å². The number of benzene rings is 1. The van der Waals surface area contributed by atoms with Gasteiger partial charge in [-0.25, -0.2) is 18.4 Å². The Kier molecular flexibility index (Phi) is 7.18. The van der Waals surface area contributed by atoms with Gasteiger partial charge in [-0.1, -0.05) is 0 Å². The lowest BCUT2D eigenvalue weighted by Gasteiger charge is -2.20. The zero-order chi connectivity index (χ0) is 17.4. The van der Waals surface area contributed by atoms with Crippen molar-refractivity contribution in [1.29, 1.82) is 0 Å². The lowest BCUT2D eigenvalue weighted by Crippen LogP contribution is -2.24. The van der Waals surface area contributed by atoms with Gasteiger partial charge >= 0.3 is 11.9 Å². The molecule has 23 heavy (non-hydrogen) atoms. The number of ether oxygens (including phenoxy) is 2. The molecule has 0 aliphatic heterocycles. The molecule has 0 heterocycles. The van der Waals surface area contributed by atoms with Crippen LogP contribution in [-0.2, 0) is 19.1 Å². The predicted octanol–water partition coefficient (Wildman–Crippen LogP) is 2.80. The van der Waals surface area contributed by atoms with Crippen LogP contribution in [0, 0.1) is 11.6 Å². The number of nitrogens with zero attached hydrogens (tertiary/aromatic N) is 1. The second-order valence-corrected chi connectivity index (χ2v) is 4.37. The summed E-state index contributed by atoms with van der Waals surface area (Å²) in [7, 11) is 0. The molecule has 0 aliphatic rings. The van der Waals surface area contributed by atoms with Gasteiger partial charge in [0.2, 0.25) is 0 Å². The Morgan fingerprint density at radius 3 is 2.04 bits per heavy atom. The number of halogens is 2. The van der Waals surface area contributed by atoms with Crippen LogP contribution >= 0.6 is 0 Å². The molecule has 1 aromatic carbocycles. The molecule has 0 N–H and O–H groups in total. The molecule has 0 amide bonds. The molecule has 7 heteroatoms. The zero-order valence-corrected chi connectivity index (χ0v) is 13.3. The molecule has 0 saturated heterocycles. The van der Waals surface area contributed by atoms with Gasteiger partial charge in [0.25, 0.3) is 0 Å². The number of hydrogen-bond donors (Lipinski definition) is 0. The van der Waals surface area contributed by atoms with E-state index in [0.29, 0.717) is 6.54 Å². The minimum Gasteiger partial charge on any atom is -0.462 e. The molecule has 0 aliphatic carbocycles. The summed E-state index contributed by atoms with van der Waals surface area (Å²) in [5.41, 5.74) is -0.0298. The predicted molar refractivity (Wildman–Crippen MR) is 80.7 cm³/mol. The van der Waals surface area contributed by atoms with Crippen LogP contribution in [0.3, 0.4) is 0 Å². The van der Waals surface area contributed by atoms with Gasteiger partial charge in [0, 0.05) is 24.5 Å². The van der Waals surface area contributed by atoms with E-state index in [1.165, 1.54) is 17.2 Å². The molecule has 126 valence electrons. The van der Waals surface area contributed by atoms with Crippen molar-refractivity contribution in [3.8, 4) is 0 Å². The maximum atomic E-state index is 13.4. The summed E-state index contributed by atoms with van der Waals surface area (Å²) >= 11 is 0. The maximum absolute atomic E-state index is 13.4. The normalized spacial score (nSPS) is 9.96. The number of hydrogen-bond acceptors (Lipinski definition) is 5. The molecular formula is C16H19F2NO4. The molecule has 0 aromatic heterocycles. The van der Waals surface area contributed by atoms with E-state index in [1.807, 2.05) is 0 Å². The molecule has 0 radical (unpaired) electrons. The third-order valence-corrected chi connectivity index (χ3v) is 2.85. The highest BCUT2D eigenvalue weighted by atomic mass is 19.2. The fourth-order valence-corrected chi connectivity index (χ4v) is 1.77. The van der Waals surface area contributed by atoms with E-state index in [4.69, 9.17) is 9.47 Å². The van der Waals surface area contributed by atoms with Crippen LogP contribution in [0.2, 0.25) is 0 Å². The molecule has 0 fully saturated rings. The SMILES string of the molecule is CCOC(=O)C(=CN(CC)c1ccc(F)c(F)c1)C(=O)OCC. The molecule has 1 aromatic rings. The first-order chi connectivity index (χ1) is 10.9. The van der Waals surface area contributed by atoms with E-state index in [1.54, 1.807) is 20.8 Å². The standard InChI is InChI=1S/C16H19F2NO4/c1-4-19(11-7-8-13(17)14(18)9-11)10-12(15(20)22-5-2)16(21)23-6-3/h7-10H,4-6H2,1-3H3. The van der Waals surface area contributed by atoms with Crippen molar-refractivity contribution in [1.82, 2.24) is 0 Å². The van der Waals surface area contributed by atoms with Crippen LogP contribution < -0.4 is 4.90 Å². The summed E-state index contributed by atoms with van der Waals surface area (Å²) in [6, 6.07) is 3.28. The van der Waals surface area contributed by atoms with E-state index in [0.717, 1.165) is 12.1 Å². The smallest absolute Gasteiger partial charge is 0.347 e. The summed E-state index contributed by atoms with van der Waals surface area (Å²) < 4.78 is 36.0. The van der Waals surface area contributed by atoms with Gasteiger partial charge in [-0.15, -0.1) is 0 Å². The Balaban J connectivity index is 3.20. The topological polar surface area (TPSA) is 55.8 Å². The summed E-state index contributed by atoms with van der Waals surface area (Å²) in [4.78, 5) is 25.2. The lowest BCUT2D eigenvalue weighted by molar-refractivity contribution is -0.146. The molecule has 0 saturated carbocycles. The van der Waals surface area contributed by atoms with Gasteiger partial charge in [0.05, 0.1) is 13.2 Å². The summed E-state index contributed by atoms with van der Waals surface area (Å²) in [5, 5.41) is 0. The molecule has 0 bridgehead atoms. The number of carbonyl (C=O) groups excluding carboxylic acids is 2. The first-order valence-electron chi connectivity index (χ1n) is 7.22. The molecule has 5 nitrogen and oxygen atoms in total. The van der Waals surface area contributed by atoms with Gasteiger partial charge in [-0.05, 0) is 32.9 Å². The highest BCUT2D eigenvalue weighted by molar-refractivity contribution is 6.14. The largest absolute Gasteiger partial charge is 0.462 e. The van der Waals surface area contributed by atoms with E-state index in [2.05, 4.69) is 0 Å². The van der Waals surface area contributed by atoms with Gasteiger partial charge in [-0.3, -0.25) is 0 Å². The number of rotatable bonds is 7. The fourth-order valence-electron chi connectivity index (χ4n) is 1.77. The van der Waals surface area contributed by atoms with E-state index < -0.39 is 23.6 Å². The monoisotopic (exact) mass is 327 g/mol. The molecule has 0 atom stereocenters. The minimum atomic E-state index is -1.02. The third kappa shape index (κ3) is 5.05. The first kappa shape index (κ1) is 18.6. The van der Waals surface area contributed by atoms with Crippen LogP contribution in [-0.4, -0.2) is 31.7 Å². The minimum absolute atomic E-state index is 0.0902. The fraction of sp³-hybridized carbons (Fsp3) is 0.375. The van der Waals surface area contributed by atoms with Gasteiger partial charge < -0.3 is 14.4 Å². The van der Waals surface area contributed by atoms with Gasteiger partial charge in [0.15, 0.2) is 17.2 Å². The number of anilines is 1. The van der Waals surface area contributed by atoms with Crippen LogP contribution in [0.4, 0.5) is 14.5 Å². The van der Waals surface area contributed by atoms with Crippen LogP contribution in [0.1, 0.15) is 20.8 Å². The Morgan fingerprint density at radius 1 is 1.04 bits per heavy atom. The Labute approximate surface area is 133 Å². The van der Waals surface area contributed by atoms with Gasteiger partial charge in [0.1, 0.15) is 0 Å². The molecular weight excluding hydrogens is 308 g/mol. The molecule has 0 unspecified atom stereocenters. The van der Waals surface area contributed by atoms with E-state index in [9.17, 15) is 18.4 Å². The Morgan fingerprint density at radius 2 is 1.61 bits per heavy atom. The van der Waals surface area contributed by atoms with Crippen molar-refractivity contribution in [2.45, 2.75) is 20.8 Å². The zero-order valence-electron chi connectivity index (χ0n) is 13.3. The number of carbonyl (C=O) groups is 2. The average Bonchev–Trinajstić information content (AvgIpc) is 2.51. The van der Waals surface area contributed by atoms with Crippen LogP contribution in [0.5, 0.6) is 0 Å². The quantitative estimate of drug-likeness (QED) is 0.334. The second kappa shape index (κ2) is 8.87. The van der Waals surface area contributed by atoms with Crippen LogP contribution in [0.25, 0.3) is 0 Å². The van der Waals surface area contributed by atoms with E-state index in [-0.39, 0.29) is 24.5 Å². The van der Waals surface area contributed by atoms with Gasteiger partial charge in [-0.2, -0.15) is 0 Å². The highest BCUT2D eigenvalue weighted by Gasteiger charge is 2.22.